The molecule has 60 valence electrons. The monoisotopic (exact) mass is 145 g/mol. The summed E-state index contributed by atoms with van der Waals surface area (Å²) in [5.41, 5.74) is -0.226. The standard InChI is InChI=1S/C7H15NO2/c1-7(2,10-8)6-3-4-9-5-6/h6H,3-5,8H2,1-2H3. The highest BCUT2D eigenvalue weighted by Crippen LogP contribution is 2.26. The van der Waals surface area contributed by atoms with Gasteiger partial charge in [-0.05, 0) is 20.3 Å². The van der Waals surface area contributed by atoms with Crippen LogP contribution in [-0.4, -0.2) is 18.8 Å². The molecule has 0 aromatic heterocycles. The van der Waals surface area contributed by atoms with Gasteiger partial charge in [0, 0.05) is 12.5 Å². The zero-order valence-corrected chi connectivity index (χ0v) is 6.59. The zero-order chi connectivity index (χ0) is 7.61. The Bertz CT molecular complexity index is 108. The molecule has 1 aliphatic rings. The summed E-state index contributed by atoms with van der Waals surface area (Å²) in [6.07, 6.45) is 1.06. The van der Waals surface area contributed by atoms with E-state index in [1.165, 1.54) is 0 Å². The Hall–Kier alpha value is -0.120. The van der Waals surface area contributed by atoms with Gasteiger partial charge in [-0.1, -0.05) is 0 Å². The Labute approximate surface area is 61.4 Å². The molecular weight excluding hydrogens is 130 g/mol. The van der Waals surface area contributed by atoms with Crippen LogP contribution < -0.4 is 5.90 Å². The van der Waals surface area contributed by atoms with Crippen LogP contribution in [0.15, 0.2) is 0 Å². The van der Waals surface area contributed by atoms with E-state index >= 15 is 0 Å². The summed E-state index contributed by atoms with van der Waals surface area (Å²) >= 11 is 0. The molecule has 1 saturated heterocycles. The van der Waals surface area contributed by atoms with E-state index in [0.717, 1.165) is 19.6 Å². The molecule has 1 fully saturated rings. The van der Waals surface area contributed by atoms with Crippen LogP contribution in [0.1, 0.15) is 20.3 Å². The highest BCUT2D eigenvalue weighted by atomic mass is 16.6. The zero-order valence-electron chi connectivity index (χ0n) is 6.59. The van der Waals surface area contributed by atoms with E-state index in [0.29, 0.717) is 5.92 Å². The van der Waals surface area contributed by atoms with Gasteiger partial charge < -0.3 is 4.74 Å². The molecule has 1 atom stereocenters. The van der Waals surface area contributed by atoms with E-state index in [1.54, 1.807) is 0 Å². The number of hydrogen-bond donors (Lipinski definition) is 1. The van der Waals surface area contributed by atoms with Gasteiger partial charge in [0.1, 0.15) is 0 Å². The average Bonchev–Trinajstić information content (AvgIpc) is 2.38. The molecule has 1 aliphatic heterocycles. The van der Waals surface area contributed by atoms with Crippen molar-refractivity contribution < 1.29 is 9.57 Å². The molecule has 0 radical (unpaired) electrons. The maximum absolute atomic E-state index is 5.21. The Balaban J connectivity index is 2.45. The normalized spacial score (nSPS) is 27.3. The van der Waals surface area contributed by atoms with Gasteiger partial charge >= 0.3 is 0 Å². The quantitative estimate of drug-likeness (QED) is 0.581. The summed E-state index contributed by atoms with van der Waals surface area (Å²) in [6.45, 7) is 5.61. The number of rotatable bonds is 2. The van der Waals surface area contributed by atoms with Crippen LogP contribution in [0, 0.1) is 5.92 Å². The first-order chi connectivity index (χ1) is 4.67. The predicted octanol–water partition coefficient (Wildman–Crippen LogP) is 0.692. The maximum Gasteiger partial charge on any atom is 0.0888 e. The summed E-state index contributed by atoms with van der Waals surface area (Å²) in [5.74, 6) is 5.59. The molecule has 1 rings (SSSR count). The Morgan fingerprint density at radius 3 is 2.70 bits per heavy atom. The molecule has 0 saturated carbocycles. The van der Waals surface area contributed by atoms with Gasteiger partial charge in [0.15, 0.2) is 0 Å². The lowest BCUT2D eigenvalue weighted by Gasteiger charge is -2.27. The number of nitrogens with two attached hydrogens (primary N) is 1. The first-order valence-corrected chi connectivity index (χ1v) is 3.62. The highest BCUT2D eigenvalue weighted by molar-refractivity contribution is 4.81. The smallest absolute Gasteiger partial charge is 0.0888 e. The van der Waals surface area contributed by atoms with Crippen molar-refractivity contribution >= 4 is 0 Å². The minimum atomic E-state index is -0.226. The van der Waals surface area contributed by atoms with Crippen molar-refractivity contribution in [2.75, 3.05) is 13.2 Å². The lowest BCUT2D eigenvalue weighted by molar-refractivity contribution is -0.0637. The van der Waals surface area contributed by atoms with Crippen LogP contribution in [0.3, 0.4) is 0 Å². The van der Waals surface area contributed by atoms with Crippen molar-refractivity contribution in [2.45, 2.75) is 25.9 Å². The van der Waals surface area contributed by atoms with Crippen molar-refractivity contribution in [3.05, 3.63) is 0 Å². The topological polar surface area (TPSA) is 44.5 Å². The predicted molar refractivity (Wildman–Crippen MR) is 38.3 cm³/mol. The Morgan fingerprint density at radius 1 is 1.60 bits per heavy atom. The van der Waals surface area contributed by atoms with Crippen molar-refractivity contribution in [2.24, 2.45) is 11.8 Å². The SMILES string of the molecule is CC(C)(ON)C1CCOC1. The molecule has 0 aromatic rings. The molecule has 0 aromatic carbocycles. The summed E-state index contributed by atoms with van der Waals surface area (Å²) < 4.78 is 5.21. The van der Waals surface area contributed by atoms with Gasteiger partial charge in [-0.15, -0.1) is 0 Å². The van der Waals surface area contributed by atoms with Gasteiger partial charge in [-0.25, -0.2) is 5.90 Å². The van der Waals surface area contributed by atoms with Crippen LogP contribution in [0.25, 0.3) is 0 Å². The second kappa shape index (κ2) is 2.86. The lowest BCUT2D eigenvalue weighted by atomic mass is 9.91. The molecular formula is C7H15NO2. The van der Waals surface area contributed by atoms with Crippen LogP contribution >= 0.6 is 0 Å². The van der Waals surface area contributed by atoms with Gasteiger partial charge in [-0.2, -0.15) is 0 Å². The molecule has 0 aliphatic carbocycles. The molecule has 0 bridgehead atoms. The van der Waals surface area contributed by atoms with Gasteiger partial charge in [0.05, 0.1) is 12.2 Å². The molecule has 3 heteroatoms. The molecule has 0 spiro atoms. The molecule has 2 N–H and O–H groups in total. The minimum Gasteiger partial charge on any atom is -0.381 e. The summed E-state index contributed by atoms with van der Waals surface area (Å²) in [5, 5.41) is 0. The van der Waals surface area contributed by atoms with Crippen molar-refractivity contribution in [1.29, 1.82) is 0 Å². The second-order valence-corrected chi connectivity index (χ2v) is 3.28. The van der Waals surface area contributed by atoms with Crippen LogP contribution in [-0.2, 0) is 9.57 Å². The number of hydrogen-bond acceptors (Lipinski definition) is 3. The molecule has 1 heterocycles. The summed E-state index contributed by atoms with van der Waals surface area (Å²) in [6, 6.07) is 0. The van der Waals surface area contributed by atoms with Gasteiger partial charge in [0.2, 0.25) is 0 Å². The van der Waals surface area contributed by atoms with E-state index in [4.69, 9.17) is 15.5 Å². The van der Waals surface area contributed by atoms with Crippen molar-refractivity contribution in [3.63, 3.8) is 0 Å². The Kier molecular flexibility index (Phi) is 2.28. The van der Waals surface area contributed by atoms with Gasteiger partial charge in [0.25, 0.3) is 0 Å². The van der Waals surface area contributed by atoms with E-state index in [9.17, 15) is 0 Å². The fourth-order valence-electron chi connectivity index (χ4n) is 1.18. The fraction of sp³-hybridized carbons (Fsp3) is 1.00. The third-order valence-corrected chi connectivity index (χ3v) is 2.22. The maximum atomic E-state index is 5.21. The van der Waals surface area contributed by atoms with E-state index in [1.807, 2.05) is 13.8 Å². The third kappa shape index (κ3) is 1.48. The Morgan fingerprint density at radius 2 is 2.30 bits per heavy atom. The van der Waals surface area contributed by atoms with E-state index in [2.05, 4.69) is 0 Å². The summed E-state index contributed by atoms with van der Waals surface area (Å²) in [4.78, 5) is 4.84. The molecule has 3 nitrogen and oxygen atoms in total. The first-order valence-electron chi connectivity index (χ1n) is 3.62. The number of ether oxygens (including phenoxy) is 1. The van der Waals surface area contributed by atoms with Crippen molar-refractivity contribution in [1.82, 2.24) is 0 Å². The third-order valence-electron chi connectivity index (χ3n) is 2.22. The molecule has 1 unspecified atom stereocenters. The van der Waals surface area contributed by atoms with Crippen LogP contribution in [0.2, 0.25) is 0 Å². The van der Waals surface area contributed by atoms with Crippen LogP contribution in [0.5, 0.6) is 0 Å². The van der Waals surface area contributed by atoms with Crippen molar-refractivity contribution in [3.8, 4) is 0 Å². The molecule has 10 heavy (non-hydrogen) atoms. The average molecular weight is 145 g/mol. The van der Waals surface area contributed by atoms with Gasteiger partial charge in [-0.3, -0.25) is 4.84 Å². The summed E-state index contributed by atoms with van der Waals surface area (Å²) in [7, 11) is 0. The second-order valence-electron chi connectivity index (χ2n) is 3.28. The van der Waals surface area contributed by atoms with E-state index < -0.39 is 0 Å². The van der Waals surface area contributed by atoms with E-state index in [-0.39, 0.29) is 5.60 Å². The molecule has 0 amide bonds. The first kappa shape index (κ1) is 7.98. The highest BCUT2D eigenvalue weighted by Gasteiger charge is 2.32. The fourth-order valence-corrected chi connectivity index (χ4v) is 1.18. The minimum absolute atomic E-state index is 0.226. The largest absolute Gasteiger partial charge is 0.381 e. The lowest BCUT2D eigenvalue weighted by Crippen LogP contribution is -2.37. The van der Waals surface area contributed by atoms with Crippen LogP contribution in [0.4, 0.5) is 0 Å².